The van der Waals surface area contributed by atoms with E-state index in [9.17, 15) is 50.4 Å². The molecule has 2 aliphatic carbocycles. The highest BCUT2D eigenvalue weighted by Crippen LogP contribution is 2.55. The van der Waals surface area contributed by atoms with Gasteiger partial charge in [0.05, 0.1) is 24.4 Å². The van der Waals surface area contributed by atoms with E-state index >= 15 is 0 Å². The van der Waals surface area contributed by atoms with Gasteiger partial charge in [0.25, 0.3) is 0 Å². The molecule has 12 heteroatoms. The molecule has 2 aromatic rings. The summed E-state index contributed by atoms with van der Waals surface area (Å²) in [5.74, 6) is -5.50. The lowest BCUT2D eigenvalue weighted by Crippen LogP contribution is -2.61. The summed E-state index contributed by atoms with van der Waals surface area (Å²) < 4.78 is 12.3. The van der Waals surface area contributed by atoms with Crippen LogP contribution in [0.15, 0.2) is 46.9 Å². The molecule has 2 heterocycles. The Balaban J connectivity index is 1.63. The van der Waals surface area contributed by atoms with Gasteiger partial charge in [0.15, 0.2) is 11.2 Å². The van der Waals surface area contributed by atoms with Gasteiger partial charge in [0, 0.05) is 24.0 Å². The molecule has 222 valence electrons. The second-order valence-electron chi connectivity index (χ2n) is 11.5. The van der Waals surface area contributed by atoms with Crippen molar-refractivity contribution in [1.29, 1.82) is 0 Å². The molecule has 0 aromatic heterocycles. The van der Waals surface area contributed by atoms with Crippen molar-refractivity contribution in [3.05, 3.63) is 58.1 Å². The number of aliphatic hydroxyl groups is 6. The number of hydrogen-bond acceptors (Lipinski definition) is 12. The van der Waals surface area contributed by atoms with Crippen LogP contribution < -0.4 is 9.47 Å². The van der Waals surface area contributed by atoms with Crippen LogP contribution in [0.25, 0.3) is 11.1 Å². The summed E-state index contributed by atoms with van der Waals surface area (Å²) in [6.07, 6.45) is -3.03. The fourth-order valence-corrected chi connectivity index (χ4v) is 6.85. The molecule has 0 bridgehead atoms. The normalized spacial score (nSPS) is 32.0. The Morgan fingerprint density at radius 3 is 1.38 bits per heavy atom. The van der Waals surface area contributed by atoms with E-state index in [0.717, 1.165) is 0 Å². The third-order valence-electron chi connectivity index (χ3n) is 9.00. The monoisotopic (exact) mass is 582 g/mol. The molecule has 0 unspecified atom stereocenters. The topological polar surface area (TPSA) is 214 Å². The van der Waals surface area contributed by atoms with E-state index in [1.54, 1.807) is 13.8 Å². The summed E-state index contributed by atoms with van der Waals surface area (Å²) in [7, 11) is 0. The van der Waals surface area contributed by atoms with Crippen molar-refractivity contribution in [3.8, 4) is 34.1 Å². The Labute approximate surface area is 239 Å². The maximum atomic E-state index is 13.8. The summed E-state index contributed by atoms with van der Waals surface area (Å²) in [5, 5.41) is 86.1. The van der Waals surface area contributed by atoms with Gasteiger partial charge in [-0.2, -0.15) is 0 Å². The smallest absolute Gasteiger partial charge is 0.204 e. The first-order valence-corrected chi connectivity index (χ1v) is 13.5. The third kappa shape index (κ3) is 3.37. The number of carbonyl (C=O) groups is 2. The van der Waals surface area contributed by atoms with Crippen molar-refractivity contribution in [2.24, 2.45) is 11.8 Å². The predicted octanol–water partition coefficient (Wildman–Crippen LogP) is 1.80. The molecule has 8 N–H and O–H groups in total. The first-order chi connectivity index (χ1) is 19.8. The van der Waals surface area contributed by atoms with Crippen molar-refractivity contribution in [3.63, 3.8) is 0 Å². The minimum absolute atomic E-state index is 0.0279. The lowest BCUT2D eigenvalue weighted by atomic mass is 9.70. The minimum atomic E-state index is -2.09. The van der Waals surface area contributed by atoms with E-state index in [2.05, 4.69) is 0 Å². The van der Waals surface area contributed by atoms with Crippen LogP contribution in [0.2, 0.25) is 0 Å². The number of allylic oxidation sites excluding steroid dienone is 2. The molecule has 2 aliphatic heterocycles. The van der Waals surface area contributed by atoms with Crippen LogP contribution in [-0.4, -0.2) is 89.0 Å². The highest BCUT2D eigenvalue weighted by molar-refractivity contribution is 6.18. The number of ketones is 2. The lowest BCUT2D eigenvalue weighted by Gasteiger charge is -2.47. The zero-order chi connectivity index (χ0) is 30.5. The summed E-state index contributed by atoms with van der Waals surface area (Å²) in [6, 6.07) is 4.99. The highest BCUT2D eigenvalue weighted by atomic mass is 16.5. The van der Waals surface area contributed by atoms with E-state index in [-0.39, 0.29) is 46.6 Å². The fourth-order valence-electron chi connectivity index (χ4n) is 6.85. The average molecular weight is 583 g/mol. The number of hydrogen-bond donors (Lipinski definition) is 8. The Morgan fingerprint density at radius 1 is 0.690 bits per heavy atom. The molecule has 0 fully saturated rings. The van der Waals surface area contributed by atoms with Gasteiger partial charge in [-0.1, -0.05) is 13.8 Å². The van der Waals surface area contributed by atoms with E-state index in [4.69, 9.17) is 9.47 Å². The molecule has 6 rings (SSSR count). The Kier molecular flexibility index (Phi) is 6.14. The maximum absolute atomic E-state index is 13.8. The van der Waals surface area contributed by atoms with E-state index < -0.39 is 94.2 Å². The van der Waals surface area contributed by atoms with E-state index in [1.165, 1.54) is 24.3 Å². The molecule has 42 heavy (non-hydrogen) atoms. The zero-order valence-electron chi connectivity index (χ0n) is 22.7. The molecular formula is C30H30O12. The van der Waals surface area contributed by atoms with Crippen LogP contribution in [0.3, 0.4) is 0 Å². The number of benzene rings is 2. The molecule has 2 aromatic carbocycles. The fraction of sp³-hybridized carbons (Fsp3) is 0.400. The molecule has 0 saturated heterocycles. The molecule has 4 aliphatic rings. The van der Waals surface area contributed by atoms with Crippen molar-refractivity contribution >= 4 is 11.6 Å². The van der Waals surface area contributed by atoms with E-state index in [0.29, 0.717) is 0 Å². The number of ether oxygens (including phenoxy) is 2. The van der Waals surface area contributed by atoms with Gasteiger partial charge in [-0.15, -0.1) is 0 Å². The standard InChI is InChI=1S/C30H30O12/c1-11-7-17(35)21-23(37)19-15(33)5-3-13(25(19)41-29(21,9-31)27(11)39)14-4-6-16(34)20-24(38)22-18(36)8-12(2)28(40)30(22,10-32)42-26(14)20/h3-6,11-12,27-28,31-36,39-40H,7-10H2,1-2H3/t11-,12-,27-,28-,29+,30+/m1/s1. The Hall–Kier alpha value is -4.10. The van der Waals surface area contributed by atoms with Gasteiger partial charge < -0.3 is 50.3 Å². The highest BCUT2D eigenvalue weighted by Gasteiger charge is 2.59. The molecule has 0 amide bonds. The Bertz CT molecular complexity index is 1500. The van der Waals surface area contributed by atoms with Gasteiger partial charge >= 0.3 is 0 Å². The van der Waals surface area contributed by atoms with E-state index in [1.807, 2.05) is 0 Å². The van der Waals surface area contributed by atoms with Crippen LogP contribution in [0, 0.1) is 11.8 Å². The zero-order valence-corrected chi connectivity index (χ0v) is 22.7. The number of phenolic OH excluding ortho intramolecular Hbond substituents is 2. The van der Waals surface area contributed by atoms with Gasteiger partial charge in [0.2, 0.25) is 11.6 Å². The van der Waals surface area contributed by atoms with Crippen LogP contribution in [0.5, 0.6) is 23.0 Å². The van der Waals surface area contributed by atoms with Gasteiger partial charge in [0.1, 0.15) is 57.9 Å². The second kappa shape index (κ2) is 9.20. The molecule has 6 atom stereocenters. The quantitative estimate of drug-likeness (QED) is 0.260. The molecule has 12 nitrogen and oxygen atoms in total. The number of carbonyl (C=O) groups excluding carboxylic acids is 2. The third-order valence-corrected chi connectivity index (χ3v) is 9.00. The predicted molar refractivity (Wildman–Crippen MR) is 144 cm³/mol. The lowest BCUT2D eigenvalue weighted by molar-refractivity contribution is -0.0964. The SMILES string of the molecule is C[C@@H]1CC(O)=C2C(=O)c3c(O)ccc(-c4ccc(O)c5c4O[C@@]4(CO)C(=C(O)C[C@@H](C)[C@H]4O)C5=O)c3O[C@]2(CO)[C@@H]1O. The molecule has 0 radical (unpaired) electrons. The second-order valence-corrected chi connectivity index (χ2v) is 11.5. The molecule has 0 spiro atoms. The van der Waals surface area contributed by atoms with Gasteiger partial charge in [-0.3, -0.25) is 9.59 Å². The van der Waals surface area contributed by atoms with Crippen molar-refractivity contribution in [2.75, 3.05) is 13.2 Å². The summed E-state index contributed by atoms with van der Waals surface area (Å²) in [4.78, 5) is 27.5. The van der Waals surface area contributed by atoms with Crippen molar-refractivity contribution in [1.82, 2.24) is 0 Å². The summed E-state index contributed by atoms with van der Waals surface area (Å²) in [5.41, 5.74) is -5.68. The number of Topliss-reactive ketones (excluding diaryl/α,β-unsaturated/α-hetero) is 2. The maximum Gasteiger partial charge on any atom is 0.204 e. The molecular weight excluding hydrogens is 552 g/mol. The van der Waals surface area contributed by atoms with Crippen molar-refractivity contribution < 1.29 is 59.9 Å². The summed E-state index contributed by atoms with van der Waals surface area (Å²) >= 11 is 0. The minimum Gasteiger partial charge on any atom is -0.512 e. The number of rotatable bonds is 3. The van der Waals surface area contributed by atoms with Gasteiger partial charge in [-0.05, 0) is 36.1 Å². The Morgan fingerprint density at radius 2 is 1.05 bits per heavy atom. The van der Waals surface area contributed by atoms with Crippen LogP contribution in [0.1, 0.15) is 47.4 Å². The summed E-state index contributed by atoms with van der Waals surface area (Å²) in [6.45, 7) is 1.38. The van der Waals surface area contributed by atoms with Gasteiger partial charge in [-0.25, -0.2) is 0 Å². The largest absolute Gasteiger partial charge is 0.512 e. The number of aliphatic hydroxyl groups excluding tert-OH is 6. The van der Waals surface area contributed by atoms with Crippen LogP contribution in [-0.2, 0) is 0 Å². The van der Waals surface area contributed by atoms with Crippen molar-refractivity contribution in [2.45, 2.75) is 50.1 Å². The first kappa shape index (κ1) is 28.0. The van der Waals surface area contributed by atoms with Crippen LogP contribution in [0.4, 0.5) is 0 Å². The molecule has 0 saturated carbocycles. The average Bonchev–Trinajstić information content (AvgIpc) is 2.94. The number of aromatic hydroxyl groups is 2. The first-order valence-electron chi connectivity index (χ1n) is 13.5. The number of fused-ring (bicyclic) bond motifs is 4. The number of phenols is 2. The van der Waals surface area contributed by atoms with Crippen LogP contribution >= 0.6 is 0 Å².